The molecule has 0 radical (unpaired) electrons. The van der Waals surface area contributed by atoms with E-state index in [1.165, 1.54) is 4.90 Å². The lowest BCUT2D eigenvalue weighted by Gasteiger charge is -2.38. The van der Waals surface area contributed by atoms with Crippen LogP contribution in [0.2, 0.25) is 0 Å². The lowest BCUT2D eigenvalue weighted by Crippen LogP contribution is -2.54. The number of hydrazone groups is 1. The van der Waals surface area contributed by atoms with Gasteiger partial charge in [-0.05, 0) is 50.1 Å². The lowest BCUT2D eigenvalue weighted by atomic mass is 9.72. The van der Waals surface area contributed by atoms with Crippen LogP contribution in [0.4, 0.5) is 16.2 Å². The molecule has 39 heavy (non-hydrogen) atoms. The van der Waals surface area contributed by atoms with Gasteiger partial charge >= 0.3 is 6.09 Å². The predicted molar refractivity (Wildman–Crippen MR) is 153 cm³/mol. The molecule has 0 aliphatic carbocycles. The molecule has 2 amide bonds. The van der Waals surface area contributed by atoms with E-state index in [0.29, 0.717) is 11.3 Å². The number of rotatable bonds is 3. The van der Waals surface area contributed by atoms with Gasteiger partial charge < -0.3 is 4.74 Å². The van der Waals surface area contributed by atoms with Gasteiger partial charge in [-0.1, -0.05) is 97.1 Å². The fourth-order valence-corrected chi connectivity index (χ4v) is 5.63. The van der Waals surface area contributed by atoms with E-state index < -0.39 is 29.1 Å². The zero-order chi connectivity index (χ0) is 27.2. The number of nitrogens with zero attached hydrogens (tertiary/aromatic N) is 3. The number of imide groups is 1. The van der Waals surface area contributed by atoms with Crippen molar-refractivity contribution in [3.63, 3.8) is 0 Å². The average molecular weight is 516 g/mol. The zero-order valence-electron chi connectivity index (χ0n) is 22.1. The Morgan fingerprint density at radius 3 is 2.00 bits per heavy atom. The molecule has 2 aliphatic rings. The van der Waals surface area contributed by atoms with Gasteiger partial charge in [0.05, 0.1) is 23.0 Å². The van der Waals surface area contributed by atoms with Gasteiger partial charge in [-0.25, -0.2) is 14.7 Å². The molecular weight excluding hydrogens is 486 g/mol. The van der Waals surface area contributed by atoms with Crippen molar-refractivity contribution in [3.8, 4) is 0 Å². The van der Waals surface area contributed by atoms with Gasteiger partial charge in [-0.2, -0.15) is 5.10 Å². The monoisotopic (exact) mass is 515 g/mol. The smallest absolute Gasteiger partial charge is 0.421 e. The molecule has 6 nitrogen and oxygen atoms in total. The van der Waals surface area contributed by atoms with Crippen LogP contribution in [0, 0.1) is 0 Å². The van der Waals surface area contributed by atoms with Gasteiger partial charge in [-0.15, -0.1) is 0 Å². The van der Waals surface area contributed by atoms with Crippen LogP contribution >= 0.6 is 0 Å². The molecular formula is C33H29N3O3. The Morgan fingerprint density at radius 2 is 1.36 bits per heavy atom. The summed E-state index contributed by atoms with van der Waals surface area (Å²) >= 11 is 0. The largest absolute Gasteiger partial charge is 0.443 e. The average Bonchev–Trinajstić information content (AvgIpc) is 3.43. The maximum absolute atomic E-state index is 15.0. The summed E-state index contributed by atoms with van der Waals surface area (Å²) in [6.07, 6.45) is -0.704. The Morgan fingerprint density at radius 1 is 0.795 bits per heavy atom. The number of amides is 2. The highest BCUT2D eigenvalue weighted by Gasteiger charge is 2.66. The van der Waals surface area contributed by atoms with Gasteiger partial charge in [0.2, 0.25) is 0 Å². The Balaban J connectivity index is 1.66. The molecule has 0 aromatic heterocycles. The number of anilines is 2. The van der Waals surface area contributed by atoms with E-state index in [9.17, 15) is 9.59 Å². The number of hydrogen-bond donors (Lipinski definition) is 0. The number of ether oxygens (including phenoxy) is 1. The van der Waals surface area contributed by atoms with Crippen LogP contribution in [-0.2, 0) is 15.1 Å². The van der Waals surface area contributed by atoms with Crippen LogP contribution in [-0.4, -0.2) is 23.3 Å². The van der Waals surface area contributed by atoms with Gasteiger partial charge in [0.1, 0.15) is 5.60 Å². The summed E-state index contributed by atoms with van der Waals surface area (Å²) in [7, 11) is 0. The molecule has 0 fully saturated rings. The molecule has 4 aromatic rings. The van der Waals surface area contributed by atoms with E-state index in [-0.39, 0.29) is 0 Å². The molecule has 1 spiro atoms. The normalized spacial score (nSPS) is 20.2. The second-order valence-electron chi connectivity index (χ2n) is 10.7. The minimum Gasteiger partial charge on any atom is -0.443 e. The fraction of sp³-hybridized carbons (Fsp3) is 0.182. The molecule has 0 bridgehead atoms. The topological polar surface area (TPSA) is 62.2 Å². The van der Waals surface area contributed by atoms with Crippen molar-refractivity contribution in [3.05, 3.63) is 132 Å². The van der Waals surface area contributed by atoms with E-state index in [2.05, 4.69) is 0 Å². The minimum absolute atomic E-state index is 0.398. The molecule has 2 heterocycles. The minimum atomic E-state index is -1.36. The highest BCUT2D eigenvalue weighted by atomic mass is 16.6. The highest BCUT2D eigenvalue weighted by Crippen LogP contribution is 2.57. The van der Waals surface area contributed by atoms with Crippen molar-refractivity contribution >= 4 is 29.1 Å². The van der Waals surface area contributed by atoms with Gasteiger partial charge in [0.15, 0.2) is 5.54 Å². The maximum Gasteiger partial charge on any atom is 0.421 e. The first-order valence-electron chi connectivity index (χ1n) is 13.0. The highest BCUT2D eigenvalue weighted by molar-refractivity contribution is 6.26. The number of para-hydroxylation sites is 2. The fourth-order valence-electron chi connectivity index (χ4n) is 5.63. The maximum atomic E-state index is 15.0. The molecule has 2 aliphatic heterocycles. The number of carbonyl (C=O) groups is 2. The van der Waals surface area contributed by atoms with E-state index >= 15 is 0 Å². The number of carbonyl (C=O) groups excluding carboxylic acids is 2. The molecule has 0 N–H and O–H groups in total. The first-order chi connectivity index (χ1) is 18.8. The van der Waals surface area contributed by atoms with E-state index in [4.69, 9.17) is 9.84 Å². The molecule has 0 saturated heterocycles. The van der Waals surface area contributed by atoms with Crippen LogP contribution in [0.5, 0.6) is 0 Å². The summed E-state index contributed by atoms with van der Waals surface area (Å²) in [5.74, 6) is -0.910. The van der Waals surface area contributed by atoms with E-state index in [1.54, 1.807) is 31.8 Å². The summed E-state index contributed by atoms with van der Waals surface area (Å²) in [5, 5.41) is 6.99. The summed E-state index contributed by atoms with van der Waals surface area (Å²) in [5.41, 5.74) is 2.40. The van der Waals surface area contributed by atoms with Crippen molar-refractivity contribution in [2.24, 2.45) is 5.10 Å². The number of hydrogen-bond acceptors (Lipinski definition) is 5. The first kappa shape index (κ1) is 24.6. The van der Waals surface area contributed by atoms with Crippen LogP contribution in [0.25, 0.3) is 0 Å². The second-order valence-corrected chi connectivity index (χ2v) is 10.7. The van der Waals surface area contributed by atoms with E-state index in [0.717, 1.165) is 22.5 Å². The second kappa shape index (κ2) is 9.24. The Kier molecular flexibility index (Phi) is 5.83. The molecule has 2 atom stereocenters. The Bertz CT molecular complexity index is 1560. The van der Waals surface area contributed by atoms with Gasteiger partial charge in [0.25, 0.3) is 5.91 Å². The zero-order valence-corrected chi connectivity index (χ0v) is 22.1. The SMILES string of the molecule is CC(C)(C)OC(=O)N1C(=O)[C@@]2(c3ccccc31)[C@H](c1ccccc1)C(c1ccccc1)=NN2c1ccccc1. The van der Waals surface area contributed by atoms with Crippen LogP contribution < -0.4 is 9.91 Å². The van der Waals surface area contributed by atoms with Crippen molar-refractivity contribution in [2.45, 2.75) is 37.8 Å². The molecule has 6 heteroatoms. The van der Waals surface area contributed by atoms with Crippen molar-refractivity contribution < 1.29 is 14.3 Å². The van der Waals surface area contributed by atoms with Crippen molar-refractivity contribution in [2.75, 3.05) is 9.91 Å². The summed E-state index contributed by atoms with van der Waals surface area (Å²) < 4.78 is 5.76. The number of benzene rings is 4. The Hall–Kier alpha value is -4.71. The first-order valence-corrected chi connectivity index (χ1v) is 13.0. The molecule has 4 aromatic carbocycles. The molecule has 194 valence electrons. The third-order valence-corrected chi connectivity index (χ3v) is 7.10. The summed E-state index contributed by atoms with van der Waals surface area (Å²) in [6.45, 7) is 5.38. The molecule has 0 unspecified atom stereocenters. The van der Waals surface area contributed by atoms with Crippen LogP contribution in [0.3, 0.4) is 0 Å². The van der Waals surface area contributed by atoms with Crippen LogP contribution in [0.15, 0.2) is 120 Å². The third-order valence-electron chi connectivity index (χ3n) is 7.10. The summed E-state index contributed by atoms with van der Waals surface area (Å²) in [4.78, 5) is 29.8. The van der Waals surface area contributed by atoms with Crippen LogP contribution in [0.1, 0.15) is 43.4 Å². The standard InChI is InChI=1S/C33H29N3O3/c1-32(2,3)39-31(38)35-27-22-14-13-21-26(27)33(30(35)37)28(23-15-7-4-8-16-23)29(24-17-9-5-10-18-24)34-36(33)25-19-11-6-12-20-25/h4-22,28H,1-3H3/t28-,33-/m1/s1. The van der Waals surface area contributed by atoms with Crippen molar-refractivity contribution in [1.82, 2.24) is 0 Å². The quantitative estimate of drug-likeness (QED) is 0.299. The molecule has 0 saturated carbocycles. The number of fused-ring (bicyclic) bond motifs is 2. The summed E-state index contributed by atoms with van der Waals surface area (Å²) in [6, 6.07) is 37.0. The van der Waals surface area contributed by atoms with E-state index in [1.807, 2.05) is 109 Å². The third kappa shape index (κ3) is 3.91. The Labute approximate surface area is 228 Å². The predicted octanol–water partition coefficient (Wildman–Crippen LogP) is 6.87. The van der Waals surface area contributed by atoms with Crippen molar-refractivity contribution in [1.29, 1.82) is 0 Å². The van der Waals surface area contributed by atoms with Gasteiger partial charge in [0, 0.05) is 5.56 Å². The lowest BCUT2D eigenvalue weighted by molar-refractivity contribution is -0.123. The van der Waals surface area contributed by atoms with Gasteiger partial charge in [-0.3, -0.25) is 4.79 Å². The molecule has 6 rings (SSSR count).